The van der Waals surface area contributed by atoms with Crippen LogP contribution < -0.4 is 5.32 Å². The van der Waals surface area contributed by atoms with Crippen LogP contribution in [0.15, 0.2) is 22.8 Å². The molecule has 0 radical (unpaired) electrons. The molecule has 96 valence electrons. The Bertz CT molecular complexity index is 531. The Kier molecular flexibility index (Phi) is 3.47. The largest absolute Gasteiger partial charge is 0.459 e. The molecule has 1 N–H and O–H groups in total. The van der Waals surface area contributed by atoms with E-state index in [1.807, 2.05) is 0 Å². The summed E-state index contributed by atoms with van der Waals surface area (Å²) in [4.78, 5) is 11.7. The molecular formula is C12H15N3O2S. The number of nitrogens with zero attached hydrogens (tertiary/aromatic N) is 2. The number of aromatic nitrogens is 2. The third-order valence-corrected chi connectivity index (χ3v) is 4.06. The van der Waals surface area contributed by atoms with Gasteiger partial charge in [-0.1, -0.05) is 32.1 Å². The first-order valence-electron chi connectivity index (χ1n) is 5.72. The molecule has 1 amide bonds. The molecule has 5 nitrogen and oxygen atoms in total. The van der Waals surface area contributed by atoms with E-state index in [2.05, 4.69) is 36.3 Å². The molecule has 0 saturated carbocycles. The Morgan fingerprint density at radius 1 is 1.50 bits per heavy atom. The zero-order valence-electron chi connectivity index (χ0n) is 10.6. The van der Waals surface area contributed by atoms with E-state index in [9.17, 15) is 4.79 Å². The standard InChI is InChI=1S/C12H15N3O2S/c1-4-12(2,3)10-14-15-11(18-10)13-9(16)8-6-5-7-17-8/h5-7H,4H2,1-3H3,(H,13,15,16). The average Bonchev–Trinajstić information content (AvgIpc) is 2.99. The van der Waals surface area contributed by atoms with E-state index in [-0.39, 0.29) is 17.1 Å². The highest BCUT2D eigenvalue weighted by atomic mass is 32.1. The first-order chi connectivity index (χ1) is 8.53. The normalized spacial score (nSPS) is 11.5. The van der Waals surface area contributed by atoms with Crippen molar-refractivity contribution in [2.75, 3.05) is 5.32 Å². The van der Waals surface area contributed by atoms with E-state index in [1.54, 1.807) is 12.1 Å². The maximum absolute atomic E-state index is 11.7. The van der Waals surface area contributed by atoms with Crippen molar-refractivity contribution in [1.29, 1.82) is 0 Å². The van der Waals surface area contributed by atoms with Crippen molar-refractivity contribution >= 4 is 22.4 Å². The molecule has 0 unspecified atom stereocenters. The third kappa shape index (κ3) is 2.59. The lowest BCUT2D eigenvalue weighted by Gasteiger charge is -2.17. The first-order valence-corrected chi connectivity index (χ1v) is 6.53. The summed E-state index contributed by atoms with van der Waals surface area (Å²) in [5.74, 6) is -0.0430. The summed E-state index contributed by atoms with van der Waals surface area (Å²) >= 11 is 1.39. The summed E-state index contributed by atoms with van der Waals surface area (Å²) in [6, 6.07) is 3.27. The minimum Gasteiger partial charge on any atom is -0.459 e. The lowest BCUT2D eigenvalue weighted by molar-refractivity contribution is 0.0996. The van der Waals surface area contributed by atoms with Crippen LogP contribution in [0, 0.1) is 0 Å². The van der Waals surface area contributed by atoms with Crippen LogP contribution in [0.1, 0.15) is 42.8 Å². The molecule has 18 heavy (non-hydrogen) atoms. The molecule has 2 aromatic heterocycles. The van der Waals surface area contributed by atoms with Crippen LogP contribution in [0.3, 0.4) is 0 Å². The molecule has 2 aromatic rings. The first kappa shape index (κ1) is 12.8. The van der Waals surface area contributed by atoms with Crippen molar-refractivity contribution < 1.29 is 9.21 Å². The van der Waals surface area contributed by atoms with Crippen molar-refractivity contribution in [3.8, 4) is 0 Å². The minimum atomic E-state index is -0.308. The molecule has 2 heterocycles. The number of amides is 1. The van der Waals surface area contributed by atoms with Gasteiger partial charge in [0.2, 0.25) is 5.13 Å². The van der Waals surface area contributed by atoms with E-state index >= 15 is 0 Å². The van der Waals surface area contributed by atoms with Crippen LogP contribution in [-0.2, 0) is 5.41 Å². The molecule has 0 fully saturated rings. The summed E-state index contributed by atoms with van der Waals surface area (Å²) in [5.41, 5.74) is -0.0225. The highest BCUT2D eigenvalue weighted by molar-refractivity contribution is 7.15. The van der Waals surface area contributed by atoms with Crippen LogP contribution in [0.5, 0.6) is 0 Å². The number of hydrogen-bond acceptors (Lipinski definition) is 5. The second-order valence-electron chi connectivity index (χ2n) is 4.58. The van der Waals surface area contributed by atoms with Crippen LogP contribution in [-0.4, -0.2) is 16.1 Å². The topological polar surface area (TPSA) is 68.0 Å². The zero-order valence-corrected chi connectivity index (χ0v) is 11.4. The summed E-state index contributed by atoms with van der Waals surface area (Å²) in [6.45, 7) is 6.31. The maximum Gasteiger partial charge on any atom is 0.293 e. The lowest BCUT2D eigenvalue weighted by Crippen LogP contribution is -2.14. The van der Waals surface area contributed by atoms with Gasteiger partial charge in [0.1, 0.15) is 5.01 Å². The van der Waals surface area contributed by atoms with Gasteiger partial charge >= 0.3 is 0 Å². The number of carbonyl (C=O) groups is 1. The Labute approximate surface area is 109 Å². The number of hydrogen-bond donors (Lipinski definition) is 1. The predicted octanol–water partition coefficient (Wildman–Crippen LogP) is 3.07. The van der Waals surface area contributed by atoms with Gasteiger partial charge in [-0.2, -0.15) is 0 Å². The second-order valence-corrected chi connectivity index (χ2v) is 5.56. The Morgan fingerprint density at radius 2 is 2.28 bits per heavy atom. The number of anilines is 1. The fourth-order valence-corrected chi connectivity index (χ4v) is 2.18. The molecule has 0 saturated heterocycles. The molecule has 0 aromatic carbocycles. The summed E-state index contributed by atoms with van der Waals surface area (Å²) in [7, 11) is 0. The Morgan fingerprint density at radius 3 is 2.89 bits per heavy atom. The summed E-state index contributed by atoms with van der Waals surface area (Å²) < 4.78 is 5.01. The van der Waals surface area contributed by atoms with Gasteiger partial charge < -0.3 is 4.42 Å². The summed E-state index contributed by atoms with van der Waals surface area (Å²) in [5, 5.41) is 12.2. The fraction of sp³-hybridized carbons (Fsp3) is 0.417. The SMILES string of the molecule is CCC(C)(C)c1nnc(NC(=O)c2ccco2)s1. The highest BCUT2D eigenvalue weighted by Gasteiger charge is 2.23. The van der Waals surface area contributed by atoms with Crippen molar-refractivity contribution in [2.45, 2.75) is 32.6 Å². The van der Waals surface area contributed by atoms with E-state index in [0.717, 1.165) is 11.4 Å². The molecule has 0 aliphatic carbocycles. The van der Waals surface area contributed by atoms with E-state index in [0.29, 0.717) is 5.13 Å². The third-order valence-electron chi connectivity index (χ3n) is 2.85. The number of rotatable bonds is 4. The molecule has 6 heteroatoms. The van der Waals surface area contributed by atoms with E-state index < -0.39 is 0 Å². The van der Waals surface area contributed by atoms with Crippen LogP contribution in [0.4, 0.5) is 5.13 Å². The number of furan rings is 1. The average molecular weight is 265 g/mol. The predicted molar refractivity (Wildman–Crippen MR) is 69.9 cm³/mol. The van der Waals surface area contributed by atoms with Gasteiger partial charge in [0, 0.05) is 5.41 Å². The van der Waals surface area contributed by atoms with Crippen molar-refractivity contribution in [1.82, 2.24) is 10.2 Å². The smallest absolute Gasteiger partial charge is 0.293 e. The second kappa shape index (κ2) is 4.89. The molecule has 0 aliphatic rings. The van der Waals surface area contributed by atoms with Gasteiger partial charge in [0.25, 0.3) is 5.91 Å². The van der Waals surface area contributed by atoms with Crippen molar-refractivity contribution in [3.05, 3.63) is 29.2 Å². The van der Waals surface area contributed by atoms with E-state index in [4.69, 9.17) is 4.42 Å². The summed E-state index contributed by atoms with van der Waals surface area (Å²) in [6.07, 6.45) is 2.43. The number of carbonyl (C=O) groups excluding carboxylic acids is 1. The Hall–Kier alpha value is -1.69. The van der Waals surface area contributed by atoms with Gasteiger partial charge in [0.15, 0.2) is 5.76 Å². The molecular weight excluding hydrogens is 250 g/mol. The van der Waals surface area contributed by atoms with Crippen LogP contribution in [0.25, 0.3) is 0 Å². The lowest BCUT2D eigenvalue weighted by atomic mass is 9.91. The molecule has 0 aliphatic heterocycles. The molecule has 0 atom stereocenters. The quantitative estimate of drug-likeness (QED) is 0.922. The minimum absolute atomic E-state index is 0.0225. The van der Waals surface area contributed by atoms with Gasteiger partial charge in [-0.05, 0) is 18.6 Å². The molecule has 0 bridgehead atoms. The van der Waals surface area contributed by atoms with Gasteiger partial charge in [-0.25, -0.2) is 0 Å². The van der Waals surface area contributed by atoms with Crippen LogP contribution >= 0.6 is 11.3 Å². The zero-order chi connectivity index (χ0) is 13.2. The van der Waals surface area contributed by atoms with Crippen molar-refractivity contribution in [3.63, 3.8) is 0 Å². The van der Waals surface area contributed by atoms with Gasteiger partial charge in [-0.3, -0.25) is 10.1 Å². The van der Waals surface area contributed by atoms with Crippen molar-refractivity contribution in [2.24, 2.45) is 0 Å². The van der Waals surface area contributed by atoms with E-state index in [1.165, 1.54) is 17.6 Å². The number of nitrogens with one attached hydrogen (secondary N) is 1. The maximum atomic E-state index is 11.7. The molecule has 0 spiro atoms. The monoisotopic (exact) mass is 265 g/mol. The van der Waals surface area contributed by atoms with Gasteiger partial charge in [0.05, 0.1) is 6.26 Å². The fourth-order valence-electron chi connectivity index (χ4n) is 1.26. The van der Waals surface area contributed by atoms with Gasteiger partial charge in [-0.15, -0.1) is 10.2 Å². The molecule has 2 rings (SSSR count). The Balaban J connectivity index is 2.10. The highest BCUT2D eigenvalue weighted by Crippen LogP contribution is 2.31. The van der Waals surface area contributed by atoms with Crippen LogP contribution in [0.2, 0.25) is 0 Å².